The Balaban J connectivity index is 1.39. The maximum absolute atomic E-state index is 13.3. The molecule has 1 saturated heterocycles. The van der Waals surface area contributed by atoms with Crippen molar-refractivity contribution in [2.24, 2.45) is 0 Å². The van der Waals surface area contributed by atoms with Gasteiger partial charge in [0.2, 0.25) is 15.0 Å². The first-order chi connectivity index (χ1) is 14.8. The van der Waals surface area contributed by atoms with Gasteiger partial charge in [0.25, 0.3) is 5.91 Å². The summed E-state index contributed by atoms with van der Waals surface area (Å²) < 4.78 is 40.4. The van der Waals surface area contributed by atoms with Gasteiger partial charge in [0.15, 0.2) is 0 Å². The van der Waals surface area contributed by atoms with E-state index in [1.165, 1.54) is 46.0 Å². The fraction of sp³-hybridized carbons (Fsp3) is 0.250. The van der Waals surface area contributed by atoms with Crippen LogP contribution in [-0.4, -0.2) is 41.9 Å². The van der Waals surface area contributed by atoms with Gasteiger partial charge >= 0.3 is 0 Å². The molecule has 1 amide bonds. The van der Waals surface area contributed by atoms with Crippen LogP contribution in [0.4, 0.5) is 10.1 Å². The highest BCUT2D eigenvalue weighted by Crippen LogP contribution is 2.32. The van der Waals surface area contributed by atoms with Gasteiger partial charge in [0, 0.05) is 29.7 Å². The second-order valence-electron chi connectivity index (χ2n) is 7.04. The molecule has 0 aliphatic carbocycles. The molecule has 0 bridgehead atoms. The first-order valence-electron chi connectivity index (χ1n) is 9.49. The number of halogens is 2. The molecule has 7 nitrogen and oxygen atoms in total. The van der Waals surface area contributed by atoms with Crippen LogP contribution in [0.3, 0.4) is 0 Å². The number of sulfonamides is 1. The zero-order valence-corrected chi connectivity index (χ0v) is 18.6. The van der Waals surface area contributed by atoms with E-state index in [1.54, 1.807) is 18.2 Å². The molecule has 1 fully saturated rings. The van der Waals surface area contributed by atoms with E-state index in [4.69, 9.17) is 11.6 Å². The molecule has 1 aromatic heterocycles. The Morgan fingerprint density at radius 1 is 1.13 bits per heavy atom. The highest BCUT2D eigenvalue weighted by molar-refractivity contribution is 7.89. The second kappa shape index (κ2) is 8.99. The van der Waals surface area contributed by atoms with Gasteiger partial charge in [0.1, 0.15) is 10.8 Å². The summed E-state index contributed by atoms with van der Waals surface area (Å²) >= 11 is 7.01. The molecule has 4 rings (SSSR count). The Morgan fingerprint density at radius 3 is 2.52 bits per heavy atom. The molecule has 162 valence electrons. The average Bonchev–Trinajstić information content (AvgIpc) is 3.25. The van der Waals surface area contributed by atoms with Crippen molar-refractivity contribution < 1.29 is 17.6 Å². The van der Waals surface area contributed by atoms with Gasteiger partial charge in [-0.3, -0.25) is 4.79 Å². The van der Waals surface area contributed by atoms with Crippen LogP contribution in [-0.2, 0) is 10.0 Å². The molecule has 0 spiro atoms. The van der Waals surface area contributed by atoms with Crippen molar-refractivity contribution in [2.75, 3.05) is 18.4 Å². The van der Waals surface area contributed by atoms with Crippen molar-refractivity contribution in [2.45, 2.75) is 23.7 Å². The molecule has 31 heavy (non-hydrogen) atoms. The first kappa shape index (κ1) is 21.8. The number of hydrogen-bond donors (Lipinski definition) is 1. The summed E-state index contributed by atoms with van der Waals surface area (Å²) in [6, 6.07) is 11.7. The summed E-state index contributed by atoms with van der Waals surface area (Å²) in [5.41, 5.74) is 0.336. The van der Waals surface area contributed by atoms with Crippen molar-refractivity contribution >= 4 is 44.6 Å². The van der Waals surface area contributed by atoms with Crippen LogP contribution >= 0.6 is 22.9 Å². The van der Waals surface area contributed by atoms with Crippen molar-refractivity contribution in [1.82, 2.24) is 14.5 Å². The summed E-state index contributed by atoms with van der Waals surface area (Å²) in [6.07, 6.45) is 1.15. The maximum atomic E-state index is 13.3. The molecule has 1 aliphatic heterocycles. The molecule has 1 N–H and O–H groups in total. The van der Waals surface area contributed by atoms with Crippen molar-refractivity contribution in [3.05, 3.63) is 69.4 Å². The molecule has 0 radical (unpaired) electrons. The normalized spacial score (nSPS) is 15.7. The number of benzene rings is 2. The Bertz CT molecular complexity index is 1190. The van der Waals surface area contributed by atoms with Crippen LogP contribution in [0.15, 0.2) is 53.4 Å². The highest BCUT2D eigenvalue weighted by Gasteiger charge is 2.31. The Hall–Kier alpha value is -2.40. The van der Waals surface area contributed by atoms with Gasteiger partial charge in [-0.25, -0.2) is 12.8 Å². The molecule has 3 aromatic rings. The molecule has 0 atom stereocenters. The van der Waals surface area contributed by atoms with Gasteiger partial charge in [0.05, 0.1) is 4.90 Å². The topological polar surface area (TPSA) is 92.3 Å². The summed E-state index contributed by atoms with van der Waals surface area (Å²) in [5.74, 6) is -0.891. The lowest BCUT2D eigenvalue weighted by molar-refractivity contribution is 0.102. The van der Waals surface area contributed by atoms with Crippen molar-refractivity contribution in [3.8, 4) is 0 Å². The molecule has 1 aliphatic rings. The number of carbonyl (C=O) groups excluding carboxylic acids is 1. The third kappa shape index (κ3) is 4.93. The van der Waals surface area contributed by atoms with Crippen LogP contribution in [0.2, 0.25) is 5.02 Å². The molecule has 2 heterocycles. The van der Waals surface area contributed by atoms with Gasteiger partial charge in [-0.1, -0.05) is 29.0 Å². The summed E-state index contributed by atoms with van der Waals surface area (Å²) in [5, 5.41) is 12.0. The summed E-state index contributed by atoms with van der Waals surface area (Å²) in [7, 11) is -3.58. The number of nitrogens with zero attached hydrogens (tertiary/aromatic N) is 3. The average molecular weight is 481 g/mol. The summed E-state index contributed by atoms with van der Waals surface area (Å²) in [4.78, 5) is 12.6. The Labute approximate surface area is 187 Å². The molecular formula is C20H18ClFN4O3S2. The van der Waals surface area contributed by atoms with Gasteiger partial charge in [-0.2, -0.15) is 4.31 Å². The third-order valence-corrected chi connectivity index (χ3v) is 8.22. The molecular weight excluding hydrogens is 463 g/mol. The largest absolute Gasteiger partial charge is 0.320 e. The SMILES string of the molecule is O=C(Nc1cccc(F)c1)c1nnc(C2CCN(S(=O)(=O)c3ccc(Cl)cc3)CC2)s1. The van der Waals surface area contributed by atoms with Crippen LogP contribution < -0.4 is 5.32 Å². The molecule has 2 aromatic carbocycles. The van der Waals surface area contributed by atoms with E-state index >= 15 is 0 Å². The second-order valence-corrected chi connectivity index (χ2v) is 10.4. The van der Waals surface area contributed by atoms with Crippen LogP contribution in [0.5, 0.6) is 0 Å². The van der Waals surface area contributed by atoms with E-state index in [-0.39, 0.29) is 15.8 Å². The molecule has 11 heteroatoms. The zero-order chi connectivity index (χ0) is 22.0. The first-order valence-corrected chi connectivity index (χ1v) is 12.1. The number of anilines is 1. The minimum absolute atomic E-state index is 0.0184. The number of nitrogens with one attached hydrogen (secondary N) is 1. The lowest BCUT2D eigenvalue weighted by atomic mass is 9.99. The van der Waals surface area contributed by atoms with E-state index in [2.05, 4.69) is 15.5 Å². The number of aromatic nitrogens is 2. The van der Waals surface area contributed by atoms with E-state index in [9.17, 15) is 17.6 Å². The fourth-order valence-corrected chi connectivity index (χ4v) is 5.84. The van der Waals surface area contributed by atoms with Crippen LogP contribution in [0.25, 0.3) is 0 Å². The smallest absolute Gasteiger partial charge is 0.286 e. The molecule has 0 unspecified atom stereocenters. The maximum Gasteiger partial charge on any atom is 0.286 e. The zero-order valence-electron chi connectivity index (χ0n) is 16.2. The van der Waals surface area contributed by atoms with Crippen molar-refractivity contribution in [1.29, 1.82) is 0 Å². The lowest BCUT2D eigenvalue weighted by Gasteiger charge is -2.30. The van der Waals surface area contributed by atoms with Crippen LogP contribution in [0, 0.1) is 5.82 Å². The van der Waals surface area contributed by atoms with Gasteiger partial charge in [-0.05, 0) is 55.3 Å². The third-order valence-electron chi connectivity index (χ3n) is 4.97. The number of carbonyl (C=O) groups is 1. The number of amides is 1. The molecule has 0 saturated carbocycles. The minimum Gasteiger partial charge on any atom is -0.320 e. The highest BCUT2D eigenvalue weighted by atomic mass is 35.5. The Morgan fingerprint density at radius 2 is 1.84 bits per heavy atom. The van der Waals surface area contributed by atoms with E-state index in [0.717, 1.165) is 0 Å². The van der Waals surface area contributed by atoms with E-state index < -0.39 is 21.7 Å². The standard InChI is InChI=1S/C20H18ClFN4O3S2/c21-14-4-6-17(7-5-14)31(28,29)26-10-8-13(9-11-26)19-24-25-20(30-19)18(27)23-16-3-1-2-15(22)12-16/h1-7,12-13H,8-11H2,(H,23,27). The number of rotatable bonds is 5. The van der Waals surface area contributed by atoms with Crippen molar-refractivity contribution in [3.63, 3.8) is 0 Å². The van der Waals surface area contributed by atoms with E-state index in [1.807, 2.05) is 0 Å². The number of hydrogen-bond acceptors (Lipinski definition) is 6. The predicted molar refractivity (Wildman–Crippen MR) is 116 cm³/mol. The summed E-state index contributed by atoms with van der Waals surface area (Å²) in [6.45, 7) is 0.695. The minimum atomic E-state index is -3.58. The quantitative estimate of drug-likeness (QED) is 0.592. The lowest BCUT2D eigenvalue weighted by Crippen LogP contribution is -2.37. The number of piperidine rings is 1. The van der Waals surface area contributed by atoms with Gasteiger partial charge in [-0.15, -0.1) is 10.2 Å². The van der Waals surface area contributed by atoms with Gasteiger partial charge < -0.3 is 5.32 Å². The fourth-order valence-electron chi connectivity index (χ4n) is 3.34. The predicted octanol–water partition coefficient (Wildman–Crippen LogP) is 4.15. The Kier molecular flexibility index (Phi) is 6.33. The van der Waals surface area contributed by atoms with Crippen LogP contribution in [0.1, 0.15) is 33.6 Å². The monoisotopic (exact) mass is 480 g/mol. The van der Waals surface area contributed by atoms with E-state index in [0.29, 0.717) is 41.6 Å².